The molecule has 1 unspecified atom stereocenters. The van der Waals surface area contributed by atoms with Gasteiger partial charge in [-0.05, 0) is 13.3 Å². The smallest absolute Gasteiger partial charge is 0.249 e. The molecule has 1 aliphatic heterocycles. The lowest BCUT2D eigenvalue weighted by atomic mass is 10.3. The van der Waals surface area contributed by atoms with Gasteiger partial charge < -0.3 is 10.2 Å². The van der Waals surface area contributed by atoms with Crippen LogP contribution in [0.2, 0.25) is 0 Å². The van der Waals surface area contributed by atoms with Crippen LogP contribution >= 0.6 is 11.3 Å². The Kier molecular flexibility index (Phi) is 3.79. The maximum absolute atomic E-state index is 11.3. The lowest BCUT2D eigenvalue weighted by Gasteiger charge is -2.14. The van der Waals surface area contributed by atoms with Gasteiger partial charge in [0.05, 0.1) is 5.69 Å². The first kappa shape index (κ1) is 14.2. The van der Waals surface area contributed by atoms with Crippen LogP contribution in [0.5, 0.6) is 0 Å². The molecule has 3 N–H and O–H groups in total. The molecule has 0 aromatic carbocycles. The van der Waals surface area contributed by atoms with Gasteiger partial charge in [0.15, 0.2) is 9.34 Å². The molecule has 1 amide bonds. The number of carbonyl (C=O) groups excluding carboxylic acids is 1. The summed E-state index contributed by atoms with van der Waals surface area (Å²) in [6, 6.07) is 0.0998. The van der Waals surface area contributed by atoms with Crippen molar-refractivity contribution in [2.75, 3.05) is 18.4 Å². The van der Waals surface area contributed by atoms with Crippen LogP contribution in [0.15, 0.2) is 4.21 Å². The fraction of sp³-hybridized carbons (Fsp3) is 0.600. The number of aromatic nitrogens is 1. The Bertz CT molecular complexity index is 596. The van der Waals surface area contributed by atoms with E-state index in [1.807, 2.05) is 0 Å². The predicted molar refractivity (Wildman–Crippen MR) is 72.5 cm³/mol. The van der Waals surface area contributed by atoms with Gasteiger partial charge in [-0.15, -0.1) is 0 Å². The maximum Gasteiger partial charge on any atom is 0.249 e. The lowest BCUT2D eigenvalue weighted by molar-refractivity contribution is -0.127. The van der Waals surface area contributed by atoms with E-state index in [9.17, 15) is 13.2 Å². The van der Waals surface area contributed by atoms with Crippen LogP contribution in [-0.4, -0.2) is 43.3 Å². The van der Waals surface area contributed by atoms with Crippen LogP contribution in [-0.2, 0) is 14.8 Å². The van der Waals surface area contributed by atoms with Crippen LogP contribution in [0.4, 0.5) is 5.13 Å². The second-order valence-corrected chi connectivity index (χ2v) is 7.29. The summed E-state index contributed by atoms with van der Waals surface area (Å²) in [4.78, 5) is 17.1. The van der Waals surface area contributed by atoms with Gasteiger partial charge in [-0.2, -0.15) is 0 Å². The first-order valence-electron chi connectivity index (χ1n) is 5.79. The quantitative estimate of drug-likeness (QED) is 0.826. The number of thiazole rings is 1. The van der Waals surface area contributed by atoms with Crippen molar-refractivity contribution in [1.82, 2.24) is 9.88 Å². The zero-order valence-corrected chi connectivity index (χ0v) is 12.3. The highest BCUT2D eigenvalue weighted by Crippen LogP contribution is 2.27. The number of carbonyl (C=O) groups is 1. The molecule has 9 heteroatoms. The normalized spacial score (nSPS) is 19.7. The highest BCUT2D eigenvalue weighted by atomic mass is 32.2. The summed E-state index contributed by atoms with van der Waals surface area (Å²) in [6.45, 7) is 4.46. The fourth-order valence-corrected chi connectivity index (χ4v) is 3.98. The van der Waals surface area contributed by atoms with Gasteiger partial charge in [0.25, 0.3) is 0 Å². The first-order chi connectivity index (χ1) is 8.77. The third-order valence-corrected chi connectivity index (χ3v) is 5.62. The van der Waals surface area contributed by atoms with Crippen LogP contribution in [0.3, 0.4) is 0 Å². The van der Waals surface area contributed by atoms with E-state index in [4.69, 9.17) is 5.14 Å². The van der Waals surface area contributed by atoms with Gasteiger partial charge in [-0.1, -0.05) is 11.3 Å². The number of hydrogen-bond acceptors (Lipinski definition) is 6. The average Bonchev–Trinajstić information content (AvgIpc) is 2.85. The summed E-state index contributed by atoms with van der Waals surface area (Å²) in [5.41, 5.74) is 0.399. The zero-order chi connectivity index (χ0) is 14.2. The third-order valence-electron chi connectivity index (χ3n) is 2.97. The molecule has 1 aromatic heterocycles. The van der Waals surface area contributed by atoms with E-state index in [1.165, 1.54) is 6.92 Å². The number of rotatable bonds is 3. The van der Waals surface area contributed by atoms with E-state index in [2.05, 4.69) is 10.3 Å². The predicted octanol–water partition coefficient (Wildman–Crippen LogP) is 0.132. The van der Waals surface area contributed by atoms with E-state index in [0.29, 0.717) is 23.9 Å². The van der Waals surface area contributed by atoms with Gasteiger partial charge in [0.2, 0.25) is 15.9 Å². The summed E-state index contributed by atoms with van der Waals surface area (Å²) < 4.78 is 22.7. The van der Waals surface area contributed by atoms with Crippen molar-refractivity contribution in [3.05, 3.63) is 5.69 Å². The number of likely N-dealkylation sites (tertiary alicyclic amines) is 1. The molecule has 1 atom stereocenters. The van der Waals surface area contributed by atoms with Gasteiger partial charge in [0, 0.05) is 26.1 Å². The first-order valence-corrected chi connectivity index (χ1v) is 8.16. The highest BCUT2D eigenvalue weighted by Gasteiger charge is 2.25. The van der Waals surface area contributed by atoms with E-state index in [1.54, 1.807) is 11.8 Å². The molecule has 1 fully saturated rings. The second-order valence-electron chi connectivity index (χ2n) is 4.53. The molecule has 7 nitrogen and oxygen atoms in total. The van der Waals surface area contributed by atoms with Crippen molar-refractivity contribution in [2.24, 2.45) is 5.14 Å². The van der Waals surface area contributed by atoms with Gasteiger partial charge in [0.1, 0.15) is 0 Å². The van der Waals surface area contributed by atoms with E-state index in [-0.39, 0.29) is 16.2 Å². The summed E-state index contributed by atoms with van der Waals surface area (Å²) in [5.74, 6) is 0.0462. The maximum atomic E-state index is 11.3. The molecule has 2 rings (SSSR count). The monoisotopic (exact) mass is 304 g/mol. The number of nitrogens with one attached hydrogen (secondary N) is 1. The minimum Gasteiger partial charge on any atom is -0.357 e. The Morgan fingerprint density at radius 1 is 1.58 bits per heavy atom. The summed E-state index contributed by atoms with van der Waals surface area (Å²) >= 11 is 1.02. The van der Waals surface area contributed by atoms with E-state index < -0.39 is 10.0 Å². The van der Waals surface area contributed by atoms with Crippen molar-refractivity contribution >= 4 is 32.4 Å². The average molecular weight is 304 g/mol. The minimum absolute atomic E-state index is 0.0462. The van der Waals surface area contributed by atoms with E-state index >= 15 is 0 Å². The SMILES string of the molecule is CC(=O)N1CCC(Nc2nc(C)c(S(N)(=O)=O)s2)C1. The van der Waals surface area contributed by atoms with Crippen molar-refractivity contribution in [1.29, 1.82) is 0 Å². The number of nitrogens with two attached hydrogens (primary N) is 1. The lowest BCUT2D eigenvalue weighted by Crippen LogP contribution is -2.29. The number of hydrogen-bond donors (Lipinski definition) is 2. The van der Waals surface area contributed by atoms with Crippen LogP contribution in [0, 0.1) is 6.92 Å². The van der Waals surface area contributed by atoms with Gasteiger partial charge in [-0.25, -0.2) is 18.5 Å². The Morgan fingerprint density at radius 2 is 2.26 bits per heavy atom. The largest absolute Gasteiger partial charge is 0.357 e. The second kappa shape index (κ2) is 5.06. The van der Waals surface area contributed by atoms with Gasteiger partial charge >= 0.3 is 0 Å². The number of aryl methyl sites for hydroxylation is 1. The van der Waals surface area contributed by atoms with Crippen LogP contribution in [0.25, 0.3) is 0 Å². The summed E-state index contributed by atoms with van der Waals surface area (Å²) in [6.07, 6.45) is 0.822. The molecule has 2 heterocycles. The molecular formula is C10H16N4O3S2. The number of sulfonamides is 1. The fourth-order valence-electron chi connectivity index (χ4n) is 2.05. The Morgan fingerprint density at radius 3 is 2.74 bits per heavy atom. The Hall–Kier alpha value is -1.19. The molecule has 106 valence electrons. The molecule has 0 radical (unpaired) electrons. The Labute approximate surface area is 115 Å². The molecular weight excluding hydrogens is 288 g/mol. The van der Waals surface area contributed by atoms with Crippen LogP contribution in [0.1, 0.15) is 19.0 Å². The Balaban J connectivity index is 2.07. The molecule has 0 spiro atoms. The summed E-state index contributed by atoms with van der Waals surface area (Å²) in [7, 11) is -3.72. The highest BCUT2D eigenvalue weighted by molar-refractivity contribution is 7.91. The molecule has 1 saturated heterocycles. The van der Waals surface area contributed by atoms with Crippen LogP contribution < -0.4 is 10.5 Å². The van der Waals surface area contributed by atoms with Crippen molar-refractivity contribution < 1.29 is 13.2 Å². The van der Waals surface area contributed by atoms with Gasteiger partial charge in [-0.3, -0.25) is 4.79 Å². The molecule has 0 aliphatic carbocycles. The van der Waals surface area contributed by atoms with Crippen molar-refractivity contribution in [2.45, 2.75) is 30.5 Å². The summed E-state index contributed by atoms with van der Waals surface area (Å²) in [5, 5.41) is 8.78. The van der Waals surface area contributed by atoms with Crippen molar-refractivity contribution in [3.63, 3.8) is 0 Å². The molecule has 1 aromatic rings. The standard InChI is InChI=1S/C10H16N4O3S2/c1-6-9(19(11,16)17)18-10(12-6)13-8-3-4-14(5-8)7(2)15/h8H,3-5H2,1-2H3,(H,12,13)(H2,11,16,17). The molecule has 0 saturated carbocycles. The van der Waals surface area contributed by atoms with E-state index in [0.717, 1.165) is 17.8 Å². The van der Waals surface area contributed by atoms with Crippen molar-refractivity contribution in [3.8, 4) is 0 Å². The zero-order valence-electron chi connectivity index (χ0n) is 10.7. The molecule has 1 aliphatic rings. The minimum atomic E-state index is -3.72. The number of primary sulfonamides is 1. The number of nitrogens with zero attached hydrogens (tertiary/aromatic N) is 2. The number of anilines is 1. The molecule has 19 heavy (non-hydrogen) atoms. The topological polar surface area (TPSA) is 105 Å². The number of amides is 1. The third kappa shape index (κ3) is 3.23. The molecule has 0 bridgehead atoms.